The molecule has 0 radical (unpaired) electrons. The number of rotatable bonds is 4. The molecule has 5 nitrogen and oxygen atoms in total. The van der Waals surface area contributed by atoms with Crippen LogP contribution in [0, 0.1) is 0 Å². The smallest absolute Gasteiger partial charge is 0.419 e. The molecule has 0 bridgehead atoms. The maximum atomic E-state index is 12.9. The second-order valence-corrected chi connectivity index (χ2v) is 5.81. The number of aryl methyl sites for hydroxylation is 1. The maximum Gasteiger partial charge on any atom is 0.419 e. The molecule has 1 aromatic heterocycles. The van der Waals surface area contributed by atoms with Crippen molar-refractivity contribution in [2.24, 2.45) is 7.05 Å². The van der Waals surface area contributed by atoms with Gasteiger partial charge in [-0.1, -0.05) is 12.1 Å². The highest BCUT2D eigenvalue weighted by molar-refractivity contribution is 6.29. The summed E-state index contributed by atoms with van der Waals surface area (Å²) in [6, 6.07) is 9.68. The normalized spacial score (nSPS) is 11.6. The van der Waals surface area contributed by atoms with E-state index in [0.717, 1.165) is 6.07 Å². The minimum atomic E-state index is -4.56. The number of anilines is 1. The van der Waals surface area contributed by atoms with Gasteiger partial charge in [0.1, 0.15) is 5.75 Å². The van der Waals surface area contributed by atoms with Gasteiger partial charge >= 0.3 is 6.18 Å². The molecule has 0 aliphatic heterocycles. The highest BCUT2D eigenvalue weighted by atomic mass is 35.5. The van der Waals surface area contributed by atoms with Crippen molar-refractivity contribution in [3.8, 4) is 5.75 Å². The average molecular weight is 384 g/mol. The van der Waals surface area contributed by atoms with E-state index in [9.17, 15) is 18.0 Å². The van der Waals surface area contributed by atoms with Crippen LogP contribution in [0.2, 0.25) is 5.28 Å². The topological polar surface area (TPSA) is 56.2 Å². The van der Waals surface area contributed by atoms with E-state index in [1.54, 1.807) is 29.8 Å². The fourth-order valence-corrected chi connectivity index (χ4v) is 2.59. The molecule has 0 saturated heterocycles. The number of alkyl halides is 3. The number of imidazole rings is 1. The first-order valence-corrected chi connectivity index (χ1v) is 7.84. The van der Waals surface area contributed by atoms with Crippen LogP contribution in [0.25, 0.3) is 11.0 Å². The summed E-state index contributed by atoms with van der Waals surface area (Å²) >= 11 is 5.93. The van der Waals surface area contributed by atoms with Crippen LogP contribution in [0.3, 0.4) is 0 Å². The number of aromatic nitrogens is 2. The van der Waals surface area contributed by atoms with Gasteiger partial charge in [-0.15, -0.1) is 0 Å². The summed E-state index contributed by atoms with van der Waals surface area (Å²) in [7, 11) is 1.72. The Balaban J connectivity index is 1.70. The molecule has 0 atom stereocenters. The first-order valence-electron chi connectivity index (χ1n) is 7.46. The minimum absolute atomic E-state index is 0.301. The van der Waals surface area contributed by atoms with Gasteiger partial charge in [0.05, 0.1) is 16.6 Å². The van der Waals surface area contributed by atoms with E-state index < -0.39 is 30.0 Å². The van der Waals surface area contributed by atoms with Crippen molar-refractivity contribution in [3.05, 3.63) is 53.3 Å². The lowest BCUT2D eigenvalue weighted by Gasteiger charge is -2.13. The lowest BCUT2D eigenvalue weighted by Crippen LogP contribution is -2.21. The molecule has 26 heavy (non-hydrogen) atoms. The Morgan fingerprint density at radius 2 is 2.00 bits per heavy atom. The van der Waals surface area contributed by atoms with Crippen molar-refractivity contribution in [1.29, 1.82) is 0 Å². The third-order valence-electron chi connectivity index (χ3n) is 3.66. The van der Waals surface area contributed by atoms with Crippen molar-refractivity contribution in [2.75, 3.05) is 11.9 Å². The number of fused-ring (bicyclic) bond motifs is 1. The van der Waals surface area contributed by atoms with Crippen molar-refractivity contribution in [3.63, 3.8) is 0 Å². The highest BCUT2D eigenvalue weighted by Gasteiger charge is 2.34. The Labute approximate surface area is 151 Å². The van der Waals surface area contributed by atoms with Crippen LogP contribution in [0.5, 0.6) is 5.75 Å². The molecule has 0 aliphatic carbocycles. The predicted octanol–water partition coefficient (Wildman–Crippen LogP) is 4.26. The number of ether oxygens (including phenoxy) is 1. The maximum absolute atomic E-state index is 12.9. The monoisotopic (exact) mass is 383 g/mol. The Morgan fingerprint density at radius 3 is 2.73 bits per heavy atom. The van der Waals surface area contributed by atoms with Gasteiger partial charge in [0.25, 0.3) is 5.91 Å². The highest BCUT2D eigenvalue weighted by Crippen LogP contribution is 2.35. The third kappa shape index (κ3) is 3.75. The van der Waals surface area contributed by atoms with E-state index in [1.165, 1.54) is 18.2 Å². The van der Waals surface area contributed by atoms with E-state index in [4.69, 9.17) is 16.3 Å². The van der Waals surface area contributed by atoms with Crippen LogP contribution in [0.4, 0.5) is 18.9 Å². The Kier molecular flexibility index (Phi) is 4.78. The number of nitrogens with one attached hydrogen (secondary N) is 1. The fraction of sp³-hybridized carbons (Fsp3) is 0.176. The van der Waals surface area contributed by atoms with Crippen LogP contribution in [0.15, 0.2) is 42.5 Å². The number of nitrogens with zero attached hydrogens (tertiary/aromatic N) is 2. The third-order valence-corrected chi connectivity index (χ3v) is 4.00. The van der Waals surface area contributed by atoms with E-state index in [0.29, 0.717) is 22.0 Å². The lowest BCUT2D eigenvalue weighted by atomic mass is 10.2. The van der Waals surface area contributed by atoms with Gasteiger partial charge in [0.2, 0.25) is 5.28 Å². The Bertz CT molecular complexity index is 970. The molecule has 1 amide bonds. The summed E-state index contributed by atoms with van der Waals surface area (Å²) < 4.78 is 45.4. The van der Waals surface area contributed by atoms with Gasteiger partial charge < -0.3 is 14.6 Å². The molecule has 136 valence electrons. The molecule has 1 N–H and O–H groups in total. The largest absolute Gasteiger partial charge is 0.483 e. The number of para-hydroxylation sites is 1. The summed E-state index contributed by atoms with van der Waals surface area (Å²) in [5, 5.41) is 2.87. The summed E-state index contributed by atoms with van der Waals surface area (Å²) in [6.45, 7) is -0.558. The van der Waals surface area contributed by atoms with E-state index in [1.807, 2.05) is 0 Å². The van der Waals surface area contributed by atoms with Gasteiger partial charge in [-0.05, 0) is 41.9 Å². The van der Waals surface area contributed by atoms with E-state index in [-0.39, 0.29) is 0 Å². The summed E-state index contributed by atoms with van der Waals surface area (Å²) in [5.41, 5.74) is 0.885. The van der Waals surface area contributed by atoms with E-state index in [2.05, 4.69) is 10.3 Å². The zero-order chi connectivity index (χ0) is 18.9. The predicted molar refractivity (Wildman–Crippen MR) is 91.3 cm³/mol. The summed E-state index contributed by atoms with van der Waals surface area (Å²) in [5.74, 6) is -0.987. The molecule has 0 unspecified atom stereocenters. The van der Waals surface area contributed by atoms with Crippen LogP contribution in [-0.4, -0.2) is 22.1 Å². The molecule has 0 aliphatic rings. The number of benzene rings is 2. The lowest BCUT2D eigenvalue weighted by molar-refractivity contribution is -0.139. The van der Waals surface area contributed by atoms with Crippen LogP contribution >= 0.6 is 11.6 Å². The number of hydrogen-bond acceptors (Lipinski definition) is 3. The zero-order valence-corrected chi connectivity index (χ0v) is 14.2. The minimum Gasteiger partial charge on any atom is -0.483 e. The Morgan fingerprint density at radius 1 is 1.27 bits per heavy atom. The molecule has 9 heteroatoms. The van der Waals surface area contributed by atoms with Crippen molar-refractivity contribution in [1.82, 2.24) is 9.55 Å². The standard InChI is InChI=1S/C17H13ClF3N3O2/c1-24-13-8-10(6-7-12(13)23-16(24)18)22-15(25)9-26-14-5-3-2-4-11(14)17(19,20)21/h2-8H,9H2,1H3,(H,22,25). The van der Waals surface area contributed by atoms with Crippen molar-refractivity contribution < 1.29 is 22.7 Å². The number of hydrogen-bond donors (Lipinski definition) is 1. The molecule has 3 aromatic rings. The molecule has 0 spiro atoms. The summed E-state index contributed by atoms with van der Waals surface area (Å²) in [6.07, 6.45) is -4.56. The number of carbonyl (C=O) groups is 1. The zero-order valence-electron chi connectivity index (χ0n) is 13.5. The molecular formula is C17H13ClF3N3O2. The average Bonchev–Trinajstić information content (AvgIpc) is 2.87. The van der Waals surface area contributed by atoms with Gasteiger partial charge in [-0.2, -0.15) is 13.2 Å². The van der Waals surface area contributed by atoms with Gasteiger partial charge in [-0.25, -0.2) is 4.98 Å². The molecule has 2 aromatic carbocycles. The number of amides is 1. The molecular weight excluding hydrogens is 371 g/mol. The molecule has 0 fully saturated rings. The summed E-state index contributed by atoms with van der Waals surface area (Å²) in [4.78, 5) is 16.1. The van der Waals surface area contributed by atoms with E-state index >= 15 is 0 Å². The molecule has 3 rings (SSSR count). The van der Waals surface area contributed by atoms with Crippen molar-refractivity contribution in [2.45, 2.75) is 6.18 Å². The van der Waals surface area contributed by atoms with Gasteiger partial charge in [0.15, 0.2) is 6.61 Å². The molecule has 1 heterocycles. The van der Waals surface area contributed by atoms with Crippen molar-refractivity contribution >= 4 is 34.2 Å². The molecule has 0 saturated carbocycles. The van der Waals surface area contributed by atoms with Crippen LogP contribution in [0.1, 0.15) is 5.56 Å². The second-order valence-electron chi connectivity index (χ2n) is 5.47. The Hall–Kier alpha value is -2.74. The SMILES string of the molecule is Cn1c(Cl)nc2ccc(NC(=O)COc3ccccc3C(F)(F)F)cc21. The number of carbonyl (C=O) groups excluding carboxylic acids is 1. The number of halogens is 4. The quantitative estimate of drug-likeness (QED) is 0.732. The first kappa shape index (κ1) is 18.1. The first-order chi connectivity index (χ1) is 12.3. The van der Waals surface area contributed by atoms with Crippen LogP contribution < -0.4 is 10.1 Å². The van der Waals surface area contributed by atoms with Gasteiger partial charge in [0, 0.05) is 12.7 Å². The van der Waals surface area contributed by atoms with Gasteiger partial charge in [-0.3, -0.25) is 4.79 Å². The second kappa shape index (κ2) is 6.87. The van der Waals surface area contributed by atoms with Crippen LogP contribution in [-0.2, 0) is 18.0 Å². The fourth-order valence-electron chi connectivity index (χ4n) is 2.41.